The topological polar surface area (TPSA) is 73.3 Å². The van der Waals surface area contributed by atoms with E-state index in [4.69, 9.17) is 9.47 Å². The number of nitrogens with one attached hydrogen (secondary N) is 1. The lowest BCUT2D eigenvalue weighted by Gasteiger charge is -2.06. The fourth-order valence-electron chi connectivity index (χ4n) is 2.06. The summed E-state index contributed by atoms with van der Waals surface area (Å²) in [6, 6.07) is 7.38. The molecule has 0 spiro atoms. The Hall–Kier alpha value is -2.15. The van der Waals surface area contributed by atoms with Crippen molar-refractivity contribution in [3.8, 4) is 11.5 Å². The van der Waals surface area contributed by atoms with Crippen LogP contribution in [0.25, 0.3) is 0 Å². The minimum absolute atomic E-state index is 0.0539. The Morgan fingerprint density at radius 2 is 2.00 bits per heavy atom. The maximum absolute atomic E-state index is 11.9. The number of carbonyl (C=O) groups excluding carboxylic acids is 1. The van der Waals surface area contributed by atoms with Crippen LogP contribution in [0.3, 0.4) is 0 Å². The Labute approximate surface area is 138 Å². The highest BCUT2D eigenvalue weighted by molar-refractivity contribution is 7.15. The first-order valence-electron chi connectivity index (χ1n) is 7.64. The van der Waals surface area contributed by atoms with Gasteiger partial charge in [0.2, 0.25) is 11.0 Å². The fourth-order valence-corrected chi connectivity index (χ4v) is 2.99. The summed E-state index contributed by atoms with van der Waals surface area (Å²) in [5, 5.41) is 12.5. The van der Waals surface area contributed by atoms with Crippen molar-refractivity contribution in [2.75, 3.05) is 19.0 Å². The van der Waals surface area contributed by atoms with Crippen LogP contribution in [0, 0.1) is 0 Å². The largest absolute Gasteiger partial charge is 0.497 e. The molecule has 1 aromatic heterocycles. The maximum Gasteiger partial charge on any atom is 0.226 e. The van der Waals surface area contributed by atoms with E-state index in [1.165, 1.54) is 24.2 Å². The van der Waals surface area contributed by atoms with Crippen molar-refractivity contribution in [3.63, 3.8) is 0 Å². The van der Waals surface area contributed by atoms with Gasteiger partial charge >= 0.3 is 0 Å². The van der Waals surface area contributed by atoms with Gasteiger partial charge in [-0.3, -0.25) is 4.79 Å². The molecular formula is C16H19N3O3S. The average molecular weight is 333 g/mol. The Balaban J connectivity index is 1.35. The first-order chi connectivity index (χ1) is 11.2. The minimum atomic E-state index is -0.0539. The van der Waals surface area contributed by atoms with Crippen LogP contribution in [-0.2, 0) is 4.79 Å². The monoisotopic (exact) mass is 333 g/mol. The molecule has 1 heterocycles. The van der Waals surface area contributed by atoms with Gasteiger partial charge in [-0.05, 0) is 43.5 Å². The number of anilines is 1. The van der Waals surface area contributed by atoms with Crippen molar-refractivity contribution in [3.05, 3.63) is 29.3 Å². The van der Waals surface area contributed by atoms with Crippen LogP contribution in [0.5, 0.6) is 11.5 Å². The number of rotatable bonds is 8. The molecule has 0 bridgehead atoms. The van der Waals surface area contributed by atoms with Crippen LogP contribution in [0.4, 0.5) is 5.13 Å². The van der Waals surface area contributed by atoms with Crippen LogP contribution >= 0.6 is 11.3 Å². The van der Waals surface area contributed by atoms with E-state index in [-0.39, 0.29) is 5.91 Å². The molecule has 0 atom stereocenters. The Bertz CT molecular complexity index is 653. The van der Waals surface area contributed by atoms with E-state index < -0.39 is 0 Å². The summed E-state index contributed by atoms with van der Waals surface area (Å²) >= 11 is 1.47. The zero-order chi connectivity index (χ0) is 16.1. The van der Waals surface area contributed by atoms with Gasteiger partial charge in [-0.25, -0.2) is 0 Å². The highest BCUT2D eigenvalue weighted by atomic mass is 32.1. The summed E-state index contributed by atoms with van der Waals surface area (Å²) in [5.74, 6) is 2.07. The van der Waals surface area contributed by atoms with Gasteiger partial charge in [-0.2, -0.15) is 0 Å². The lowest BCUT2D eigenvalue weighted by atomic mass is 10.3. The average Bonchev–Trinajstić information content (AvgIpc) is 3.32. The van der Waals surface area contributed by atoms with Crippen molar-refractivity contribution < 1.29 is 14.3 Å². The van der Waals surface area contributed by atoms with E-state index >= 15 is 0 Å². The molecule has 1 amide bonds. The van der Waals surface area contributed by atoms with Crippen LogP contribution in [0.1, 0.15) is 36.6 Å². The lowest BCUT2D eigenvalue weighted by Crippen LogP contribution is -2.12. The highest BCUT2D eigenvalue weighted by Gasteiger charge is 2.27. The summed E-state index contributed by atoms with van der Waals surface area (Å²) in [5.41, 5.74) is 0. The molecular weight excluding hydrogens is 314 g/mol. The molecule has 23 heavy (non-hydrogen) atoms. The molecule has 2 aromatic rings. The van der Waals surface area contributed by atoms with Gasteiger partial charge < -0.3 is 14.8 Å². The number of hydrogen-bond donors (Lipinski definition) is 1. The SMILES string of the molecule is COc1ccc(OCCCC(=O)Nc2nnc(C3CC3)s2)cc1. The van der Waals surface area contributed by atoms with Gasteiger partial charge in [0.25, 0.3) is 0 Å². The van der Waals surface area contributed by atoms with Gasteiger partial charge in [0.05, 0.1) is 13.7 Å². The van der Waals surface area contributed by atoms with Crippen molar-refractivity contribution in [1.29, 1.82) is 0 Å². The number of aromatic nitrogens is 2. The van der Waals surface area contributed by atoms with Crippen molar-refractivity contribution >= 4 is 22.4 Å². The number of hydrogen-bond acceptors (Lipinski definition) is 6. The van der Waals surface area contributed by atoms with Crippen molar-refractivity contribution in [2.45, 2.75) is 31.6 Å². The molecule has 1 saturated carbocycles. The first-order valence-corrected chi connectivity index (χ1v) is 8.46. The first kappa shape index (κ1) is 15.7. The molecule has 0 radical (unpaired) electrons. The van der Waals surface area contributed by atoms with Gasteiger partial charge in [0.15, 0.2) is 0 Å². The number of ether oxygens (including phenoxy) is 2. The van der Waals surface area contributed by atoms with Crippen molar-refractivity contribution in [1.82, 2.24) is 10.2 Å². The van der Waals surface area contributed by atoms with Gasteiger partial charge in [0.1, 0.15) is 16.5 Å². The van der Waals surface area contributed by atoms with E-state index in [0.29, 0.717) is 30.5 Å². The van der Waals surface area contributed by atoms with E-state index in [0.717, 1.165) is 16.5 Å². The van der Waals surface area contributed by atoms with Gasteiger partial charge in [0, 0.05) is 12.3 Å². The molecule has 6 nitrogen and oxygen atoms in total. The molecule has 1 aliphatic carbocycles. The molecule has 7 heteroatoms. The highest BCUT2D eigenvalue weighted by Crippen LogP contribution is 2.42. The minimum Gasteiger partial charge on any atom is -0.497 e. The number of nitrogens with zero attached hydrogens (tertiary/aromatic N) is 2. The standard InChI is InChI=1S/C16H19N3O3S/c1-21-12-6-8-13(9-7-12)22-10-2-3-14(20)17-16-19-18-15(23-16)11-4-5-11/h6-9,11H,2-5,10H2,1H3,(H,17,19,20). The third kappa shape index (κ3) is 4.66. The molecule has 1 aliphatic rings. The fraction of sp³-hybridized carbons (Fsp3) is 0.438. The summed E-state index contributed by atoms with van der Waals surface area (Å²) in [6.45, 7) is 0.489. The smallest absolute Gasteiger partial charge is 0.226 e. The molecule has 3 rings (SSSR count). The Kier molecular flexibility index (Phi) is 5.07. The number of amides is 1. The normalized spacial score (nSPS) is 13.6. The van der Waals surface area contributed by atoms with E-state index in [2.05, 4.69) is 15.5 Å². The zero-order valence-corrected chi connectivity index (χ0v) is 13.8. The summed E-state index contributed by atoms with van der Waals surface area (Å²) in [6.07, 6.45) is 3.41. The molecule has 1 N–H and O–H groups in total. The Morgan fingerprint density at radius 3 is 2.70 bits per heavy atom. The van der Waals surface area contributed by atoms with Crippen LogP contribution in [-0.4, -0.2) is 29.8 Å². The van der Waals surface area contributed by atoms with Crippen LogP contribution in [0.2, 0.25) is 0 Å². The third-order valence-electron chi connectivity index (χ3n) is 3.49. The molecule has 1 aromatic carbocycles. The molecule has 0 aliphatic heterocycles. The second-order valence-electron chi connectivity index (χ2n) is 5.40. The summed E-state index contributed by atoms with van der Waals surface area (Å²) in [7, 11) is 1.63. The zero-order valence-electron chi connectivity index (χ0n) is 12.9. The van der Waals surface area contributed by atoms with E-state index in [1.807, 2.05) is 24.3 Å². The second kappa shape index (κ2) is 7.41. The van der Waals surface area contributed by atoms with Gasteiger partial charge in [-0.1, -0.05) is 11.3 Å². The van der Waals surface area contributed by atoms with E-state index in [1.54, 1.807) is 7.11 Å². The number of benzene rings is 1. The molecule has 0 saturated heterocycles. The summed E-state index contributed by atoms with van der Waals surface area (Å²) in [4.78, 5) is 11.9. The summed E-state index contributed by atoms with van der Waals surface area (Å²) < 4.78 is 10.7. The molecule has 122 valence electrons. The Morgan fingerprint density at radius 1 is 1.26 bits per heavy atom. The van der Waals surface area contributed by atoms with Crippen LogP contribution in [0.15, 0.2) is 24.3 Å². The van der Waals surface area contributed by atoms with Gasteiger partial charge in [-0.15, -0.1) is 10.2 Å². The maximum atomic E-state index is 11.9. The van der Waals surface area contributed by atoms with E-state index in [9.17, 15) is 4.79 Å². The second-order valence-corrected chi connectivity index (χ2v) is 6.40. The number of carbonyl (C=O) groups is 1. The third-order valence-corrected chi connectivity index (χ3v) is 4.49. The number of methoxy groups -OCH3 is 1. The quantitative estimate of drug-likeness (QED) is 0.751. The predicted octanol–water partition coefficient (Wildman–Crippen LogP) is 3.22. The molecule has 0 unspecified atom stereocenters. The van der Waals surface area contributed by atoms with Crippen LogP contribution < -0.4 is 14.8 Å². The lowest BCUT2D eigenvalue weighted by molar-refractivity contribution is -0.116. The predicted molar refractivity (Wildman–Crippen MR) is 88.2 cm³/mol. The van der Waals surface area contributed by atoms with Crippen molar-refractivity contribution in [2.24, 2.45) is 0 Å². The molecule has 1 fully saturated rings.